The molecule has 0 unspecified atom stereocenters. The summed E-state index contributed by atoms with van der Waals surface area (Å²) in [5, 5.41) is 6.10. The second kappa shape index (κ2) is 11.9. The third-order valence-corrected chi connectivity index (χ3v) is 5.32. The normalized spacial score (nSPS) is 14.5. The van der Waals surface area contributed by atoms with Gasteiger partial charge in [-0.1, -0.05) is 20.8 Å². The summed E-state index contributed by atoms with van der Waals surface area (Å²) in [4.78, 5) is 29.0. The van der Waals surface area contributed by atoms with E-state index in [1.54, 1.807) is 19.1 Å². The minimum atomic E-state index is -0.380. The smallest absolute Gasteiger partial charge is 0.338 e. The van der Waals surface area contributed by atoms with Crippen molar-refractivity contribution in [2.75, 3.05) is 49.5 Å². The molecule has 0 bridgehead atoms. The fourth-order valence-electron chi connectivity index (χ4n) is 3.32. The van der Waals surface area contributed by atoms with Crippen LogP contribution in [0.2, 0.25) is 0 Å². The van der Waals surface area contributed by atoms with Crippen molar-refractivity contribution in [3.8, 4) is 0 Å². The molecule has 1 aliphatic rings. The van der Waals surface area contributed by atoms with E-state index >= 15 is 0 Å². The van der Waals surface area contributed by atoms with Crippen molar-refractivity contribution in [1.29, 1.82) is 0 Å². The molecule has 8 heteroatoms. The highest BCUT2D eigenvalue weighted by Crippen LogP contribution is 2.29. The average molecular weight is 435 g/mol. The van der Waals surface area contributed by atoms with E-state index in [9.17, 15) is 9.59 Å². The summed E-state index contributed by atoms with van der Waals surface area (Å²) in [5.41, 5.74) is 2.10. The zero-order valence-electron chi connectivity index (χ0n) is 18.5. The number of piperazine rings is 1. The van der Waals surface area contributed by atoms with Crippen LogP contribution in [0.1, 0.15) is 50.9 Å². The van der Waals surface area contributed by atoms with Crippen LogP contribution in [0, 0.1) is 5.92 Å². The maximum Gasteiger partial charge on any atom is 0.338 e. The van der Waals surface area contributed by atoms with Crippen LogP contribution < -0.4 is 15.5 Å². The number of amides is 1. The number of ether oxygens (including phenoxy) is 1. The number of rotatable bonds is 8. The quantitative estimate of drug-likeness (QED) is 0.481. The van der Waals surface area contributed by atoms with E-state index < -0.39 is 0 Å². The van der Waals surface area contributed by atoms with Gasteiger partial charge in [0.05, 0.1) is 23.5 Å². The highest BCUT2D eigenvalue weighted by Gasteiger charge is 2.20. The number of nitrogens with zero attached hydrogens (tertiary/aromatic N) is 2. The van der Waals surface area contributed by atoms with Crippen LogP contribution in [0.15, 0.2) is 18.2 Å². The molecule has 2 rings (SSSR count). The van der Waals surface area contributed by atoms with Gasteiger partial charge in [-0.3, -0.25) is 4.79 Å². The molecule has 30 heavy (non-hydrogen) atoms. The SMILES string of the molecule is CCOC(=O)c1ccc(N2CCN(CC)CC2)c(NC(=S)NC(=O)CCC(C)C)c1. The molecule has 1 fully saturated rings. The molecule has 1 amide bonds. The van der Waals surface area contributed by atoms with Crippen LogP contribution in [0.4, 0.5) is 11.4 Å². The van der Waals surface area contributed by atoms with Gasteiger partial charge in [-0.15, -0.1) is 0 Å². The molecule has 1 saturated heterocycles. The molecule has 0 spiro atoms. The summed E-state index contributed by atoms with van der Waals surface area (Å²) >= 11 is 5.36. The van der Waals surface area contributed by atoms with Gasteiger partial charge < -0.3 is 25.2 Å². The molecule has 1 aliphatic heterocycles. The van der Waals surface area contributed by atoms with Crippen molar-refractivity contribution in [1.82, 2.24) is 10.2 Å². The minimum absolute atomic E-state index is 0.110. The van der Waals surface area contributed by atoms with Gasteiger partial charge >= 0.3 is 5.97 Å². The fourth-order valence-corrected chi connectivity index (χ4v) is 3.54. The predicted octanol–water partition coefficient (Wildman–Crippen LogP) is 3.25. The maximum absolute atomic E-state index is 12.2. The van der Waals surface area contributed by atoms with Crippen molar-refractivity contribution >= 4 is 40.6 Å². The Morgan fingerprint density at radius 3 is 2.47 bits per heavy atom. The first kappa shape index (κ1) is 24.1. The Balaban J connectivity index is 2.16. The van der Waals surface area contributed by atoms with Gasteiger partial charge in [0, 0.05) is 32.6 Å². The van der Waals surface area contributed by atoms with Crippen LogP contribution in [0.25, 0.3) is 0 Å². The molecular weight excluding hydrogens is 400 g/mol. The molecule has 1 aromatic rings. The van der Waals surface area contributed by atoms with Gasteiger partial charge in [-0.25, -0.2) is 4.79 Å². The van der Waals surface area contributed by atoms with E-state index in [4.69, 9.17) is 17.0 Å². The lowest BCUT2D eigenvalue weighted by Crippen LogP contribution is -2.46. The summed E-state index contributed by atoms with van der Waals surface area (Å²) in [6.45, 7) is 13.2. The molecule has 1 heterocycles. The van der Waals surface area contributed by atoms with Crippen molar-refractivity contribution in [3.05, 3.63) is 23.8 Å². The lowest BCUT2D eigenvalue weighted by atomic mass is 10.1. The van der Waals surface area contributed by atoms with E-state index in [1.165, 1.54) is 0 Å². The zero-order valence-corrected chi connectivity index (χ0v) is 19.3. The standard InChI is InChI=1S/C22H34N4O3S/c1-5-25-11-13-26(14-12-25)19-9-8-17(21(28)29-6-2)15-18(19)23-22(30)24-20(27)10-7-16(3)4/h8-9,15-16H,5-7,10-14H2,1-4H3,(H2,23,24,27,30). The van der Waals surface area contributed by atoms with Crippen LogP contribution in [-0.2, 0) is 9.53 Å². The van der Waals surface area contributed by atoms with Crippen LogP contribution in [0.5, 0.6) is 0 Å². The number of carbonyl (C=O) groups is 2. The van der Waals surface area contributed by atoms with Gasteiger partial charge in [-0.05, 0) is 56.2 Å². The molecule has 2 N–H and O–H groups in total. The highest BCUT2D eigenvalue weighted by atomic mass is 32.1. The molecule has 166 valence electrons. The second-order valence-corrected chi connectivity index (χ2v) is 8.22. The van der Waals surface area contributed by atoms with E-state index in [0.717, 1.165) is 44.8 Å². The molecule has 1 aromatic carbocycles. The lowest BCUT2D eigenvalue weighted by Gasteiger charge is -2.36. The summed E-state index contributed by atoms with van der Waals surface area (Å²) in [6, 6.07) is 5.43. The lowest BCUT2D eigenvalue weighted by molar-refractivity contribution is -0.119. The van der Waals surface area contributed by atoms with E-state index in [-0.39, 0.29) is 17.0 Å². The number of esters is 1. The number of thiocarbonyl (C=S) groups is 1. The van der Waals surface area contributed by atoms with E-state index in [1.807, 2.05) is 6.07 Å². The van der Waals surface area contributed by atoms with Gasteiger partial charge in [-0.2, -0.15) is 0 Å². The predicted molar refractivity (Wildman–Crippen MR) is 125 cm³/mol. The number of hydrogen-bond donors (Lipinski definition) is 2. The summed E-state index contributed by atoms with van der Waals surface area (Å²) < 4.78 is 5.13. The summed E-state index contributed by atoms with van der Waals surface area (Å²) in [6.07, 6.45) is 1.23. The van der Waals surface area contributed by atoms with Gasteiger partial charge in [0.15, 0.2) is 5.11 Å². The second-order valence-electron chi connectivity index (χ2n) is 7.81. The number of nitrogens with one attached hydrogen (secondary N) is 2. The first-order chi connectivity index (χ1) is 14.3. The van der Waals surface area contributed by atoms with Crippen molar-refractivity contribution in [2.24, 2.45) is 5.92 Å². The summed E-state index contributed by atoms with van der Waals surface area (Å²) in [5.74, 6) is -0.0393. The fraction of sp³-hybridized carbons (Fsp3) is 0.591. The Kier molecular flexibility index (Phi) is 9.52. The number of anilines is 2. The topological polar surface area (TPSA) is 73.9 Å². The summed E-state index contributed by atoms with van der Waals surface area (Å²) in [7, 11) is 0. The monoisotopic (exact) mass is 434 g/mol. The molecule has 0 aliphatic carbocycles. The third-order valence-electron chi connectivity index (χ3n) is 5.12. The first-order valence-corrected chi connectivity index (χ1v) is 11.1. The van der Waals surface area contributed by atoms with Crippen molar-refractivity contribution in [3.63, 3.8) is 0 Å². The van der Waals surface area contributed by atoms with Crippen LogP contribution in [-0.4, -0.2) is 61.2 Å². The number of likely N-dealkylation sites (N-methyl/N-ethyl adjacent to an activating group) is 1. The molecular formula is C22H34N4O3S. The van der Waals surface area contributed by atoms with Gasteiger partial charge in [0.25, 0.3) is 0 Å². The Bertz CT molecular complexity index is 746. The Morgan fingerprint density at radius 2 is 1.87 bits per heavy atom. The highest BCUT2D eigenvalue weighted by molar-refractivity contribution is 7.80. The Hall–Kier alpha value is -2.19. The van der Waals surface area contributed by atoms with Crippen molar-refractivity contribution < 1.29 is 14.3 Å². The molecule has 0 aromatic heterocycles. The Morgan fingerprint density at radius 1 is 1.17 bits per heavy atom. The first-order valence-electron chi connectivity index (χ1n) is 10.7. The van der Waals surface area contributed by atoms with Gasteiger partial charge in [0.1, 0.15) is 0 Å². The minimum Gasteiger partial charge on any atom is -0.462 e. The zero-order chi connectivity index (χ0) is 22.1. The largest absolute Gasteiger partial charge is 0.462 e. The number of carbonyl (C=O) groups excluding carboxylic acids is 2. The van der Waals surface area contributed by atoms with Crippen LogP contribution >= 0.6 is 12.2 Å². The molecule has 7 nitrogen and oxygen atoms in total. The van der Waals surface area contributed by atoms with Crippen molar-refractivity contribution in [2.45, 2.75) is 40.5 Å². The maximum atomic E-state index is 12.2. The molecule has 0 radical (unpaired) electrons. The third kappa shape index (κ3) is 7.25. The Labute approximate surface area is 185 Å². The van der Waals surface area contributed by atoms with Gasteiger partial charge in [0.2, 0.25) is 5.91 Å². The van der Waals surface area contributed by atoms with E-state index in [0.29, 0.717) is 30.2 Å². The molecule has 0 atom stereocenters. The van der Waals surface area contributed by atoms with Crippen LogP contribution in [0.3, 0.4) is 0 Å². The average Bonchev–Trinajstić information content (AvgIpc) is 2.72. The van der Waals surface area contributed by atoms with E-state index in [2.05, 4.69) is 41.2 Å². The number of hydrogen-bond acceptors (Lipinski definition) is 6. The number of benzene rings is 1. The molecule has 0 saturated carbocycles.